The standard InChI is InChI=1S/C24H22F2N6O/c1-14-19(11-27-30(14)3)20-12-31(15(2)17-6-4-5-7-18(17)20)24(33)22-13-32(29-28-22)23-9-8-16(25)10-21(23)26/h4-11,13,15,20H,12H2,1-3H3/t15-,20-/m1/s1. The predicted octanol–water partition coefficient (Wildman–Crippen LogP) is 3.94. The van der Waals surface area contributed by atoms with Crippen LogP contribution in [0.2, 0.25) is 0 Å². The minimum Gasteiger partial charge on any atom is -0.329 e. The van der Waals surface area contributed by atoms with E-state index in [4.69, 9.17) is 0 Å². The average molecular weight is 448 g/mol. The van der Waals surface area contributed by atoms with Crippen LogP contribution in [-0.4, -0.2) is 42.1 Å². The summed E-state index contributed by atoms with van der Waals surface area (Å²) in [6, 6.07) is 11.1. The number of carbonyl (C=O) groups excluding carboxylic acids is 1. The molecule has 1 amide bonds. The Morgan fingerprint density at radius 1 is 1.09 bits per heavy atom. The van der Waals surface area contributed by atoms with Crippen molar-refractivity contribution in [3.8, 4) is 5.69 Å². The Morgan fingerprint density at radius 2 is 1.85 bits per heavy atom. The minimum atomic E-state index is -0.786. The highest BCUT2D eigenvalue weighted by Gasteiger charge is 2.36. The summed E-state index contributed by atoms with van der Waals surface area (Å²) in [6.07, 6.45) is 3.22. The maximum atomic E-state index is 14.2. The smallest absolute Gasteiger partial charge is 0.276 e. The van der Waals surface area contributed by atoms with Crippen LogP contribution in [0.3, 0.4) is 0 Å². The van der Waals surface area contributed by atoms with Crippen LogP contribution in [0.4, 0.5) is 8.78 Å². The van der Waals surface area contributed by atoms with Crippen molar-refractivity contribution in [2.24, 2.45) is 7.05 Å². The quantitative estimate of drug-likeness (QED) is 0.476. The van der Waals surface area contributed by atoms with Crippen molar-refractivity contribution in [3.63, 3.8) is 0 Å². The van der Waals surface area contributed by atoms with Gasteiger partial charge in [0.25, 0.3) is 5.91 Å². The number of nitrogens with zero attached hydrogens (tertiary/aromatic N) is 6. The first kappa shape index (κ1) is 21.0. The Balaban J connectivity index is 1.51. The molecule has 2 atom stereocenters. The normalized spacial score (nSPS) is 17.8. The summed E-state index contributed by atoms with van der Waals surface area (Å²) in [5.41, 5.74) is 4.43. The zero-order valence-electron chi connectivity index (χ0n) is 18.4. The third-order valence-electron chi connectivity index (χ3n) is 6.45. The highest BCUT2D eigenvalue weighted by atomic mass is 19.1. The number of rotatable bonds is 3. The Hall–Kier alpha value is -3.88. The van der Waals surface area contributed by atoms with E-state index in [0.29, 0.717) is 6.54 Å². The molecule has 2 aromatic carbocycles. The Morgan fingerprint density at radius 3 is 2.55 bits per heavy atom. The van der Waals surface area contributed by atoms with Crippen LogP contribution in [0.5, 0.6) is 0 Å². The molecule has 9 heteroatoms. The summed E-state index contributed by atoms with van der Waals surface area (Å²) in [4.78, 5) is 15.3. The molecule has 5 rings (SSSR count). The number of carbonyl (C=O) groups is 1. The topological polar surface area (TPSA) is 68.8 Å². The molecule has 0 fully saturated rings. The Kier molecular flexibility index (Phi) is 5.03. The zero-order valence-corrected chi connectivity index (χ0v) is 18.4. The maximum Gasteiger partial charge on any atom is 0.276 e. The summed E-state index contributed by atoms with van der Waals surface area (Å²) < 4.78 is 30.4. The number of benzene rings is 2. The molecule has 0 spiro atoms. The van der Waals surface area contributed by atoms with E-state index in [1.165, 1.54) is 17.8 Å². The van der Waals surface area contributed by atoms with Crippen molar-refractivity contribution in [2.75, 3.05) is 6.54 Å². The molecule has 1 aliphatic rings. The Labute approximate surface area is 189 Å². The van der Waals surface area contributed by atoms with Crippen LogP contribution in [0.1, 0.15) is 51.8 Å². The second-order valence-corrected chi connectivity index (χ2v) is 8.27. The molecule has 0 unspecified atom stereocenters. The zero-order chi connectivity index (χ0) is 23.3. The molecule has 7 nitrogen and oxygen atoms in total. The van der Waals surface area contributed by atoms with E-state index in [-0.39, 0.29) is 29.2 Å². The fraction of sp³-hybridized carbons (Fsp3) is 0.250. The van der Waals surface area contributed by atoms with Gasteiger partial charge in [-0.05, 0) is 37.1 Å². The van der Waals surface area contributed by atoms with E-state index in [9.17, 15) is 13.6 Å². The lowest BCUT2D eigenvalue weighted by Gasteiger charge is -2.39. The largest absolute Gasteiger partial charge is 0.329 e. The molecule has 0 N–H and O–H groups in total. The molecule has 0 bridgehead atoms. The molecule has 33 heavy (non-hydrogen) atoms. The van der Waals surface area contributed by atoms with E-state index in [1.807, 2.05) is 50.0 Å². The van der Waals surface area contributed by atoms with Crippen LogP contribution in [0.15, 0.2) is 54.9 Å². The van der Waals surface area contributed by atoms with Crippen molar-refractivity contribution < 1.29 is 13.6 Å². The molecular formula is C24H22F2N6O. The second kappa shape index (κ2) is 7.91. The van der Waals surface area contributed by atoms with Crippen molar-refractivity contribution in [3.05, 3.63) is 94.6 Å². The van der Waals surface area contributed by atoms with Gasteiger partial charge >= 0.3 is 0 Å². The fourth-order valence-corrected chi connectivity index (χ4v) is 4.51. The summed E-state index contributed by atoms with van der Waals surface area (Å²) in [5, 5.41) is 12.3. The lowest BCUT2D eigenvalue weighted by molar-refractivity contribution is 0.0658. The summed E-state index contributed by atoms with van der Waals surface area (Å²) >= 11 is 0. The van der Waals surface area contributed by atoms with Gasteiger partial charge in [0.2, 0.25) is 0 Å². The first-order valence-electron chi connectivity index (χ1n) is 10.6. The van der Waals surface area contributed by atoms with Gasteiger partial charge in [0.05, 0.1) is 18.4 Å². The average Bonchev–Trinajstić information content (AvgIpc) is 3.41. The maximum absolute atomic E-state index is 14.2. The van der Waals surface area contributed by atoms with Crippen LogP contribution in [0.25, 0.3) is 5.69 Å². The van der Waals surface area contributed by atoms with Gasteiger partial charge in [0, 0.05) is 36.8 Å². The van der Waals surface area contributed by atoms with E-state index < -0.39 is 11.6 Å². The van der Waals surface area contributed by atoms with Crippen LogP contribution >= 0.6 is 0 Å². The van der Waals surface area contributed by atoms with E-state index >= 15 is 0 Å². The fourth-order valence-electron chi connectivity index (χ4n) is 4.51. The molecular weight excluding hydrogens is 426 g/mol. The van der Waals surface area contributed by atoms with Gasteiger partial charge in [-0.1, -0.05) is 29.5 Å². The van der Waals surface area contributed by atoms with E-state index in [0.717, 1.165) is 33.6 Å². The Bertz CT molecular complexity index is 1360. The highest BCUT2D eigenvalue weighted by Crippen LogP contribution is 2.40. The molecule has 4 aromatic rings. The third-order valence-corrected chi connectivity index (χ3v) is 6.45. The molecule has 3 heterocycles. The molecule has 0 aliphatic carbocycles. The van der Waals surface area contributed by atoms with Gasteiger partial charge in [0.15, 0.2) is 11.5 Å². The minimum absolute atomic E-state index is 0.0175. The van der Waals surface area contributed by atoms with Gasteiger partial charge in [-0.2, -0.15) is 5.10 Å². The number of aromatic nitrogens is 5. The number of halogens is 2. The summed E-state index contributed by atoms with van der Waals surface area (Å²) in [5.74, 6) is -1.83. The first-order valence-corrected chi connectivity index (χ1v) is 10.6. The molecule has 0 radical (unpaired) electrons. The van der Waals surface area contributed by atoms with E-state index in [1.54, 1.807) is 4.90 Å². The summed E-state index contributed by atoms with van der Waals surface area (Å²) in [7, 11) is 1.89. The highest BCUT2D eigenvalue weighted by molar-refractivity contribution is 5.92. The molecule has 2 aromatic heterocycles. The van der Waals surface area contributed by atoms with Crippen molar-refractivity contribution in [1.82, 2.24) is 29.7 Å². The van der Waals surface area contributed by atoms with E-state index in [2.05, 4.69) is 21.5 Å². The first-order chi connectivity index (χ1) is 15.8. The summed E-state index contributed by atoms with van der Waals surface area (Å²) in [6.45, 7) is 4.44. The SMILES string of the molecule is Cc1c([C@@H]2CN(C(=O)c3cn(-c4ccc(F)cc4F)nn3)[C@H](C)c3ccccc32)cnn1C. The predicted molar refractivity (Wildman–Crippen MR) is 117 cm³/mol. The lowest BCUT2D eigenvalue weighted by atomic mass is 9.82. The van der Waals surface area contributed by atoms with Crippen molar-refractivity contribution in [2.45, 2.75) is 25.8 Å². The monoisotopic (exact) mass is 448 g/mol. The number of hydrogen-bond donors (Lipinski definition) is 0. The lowest BCUT2D eigenvalue weighted by Crippen LogP contribution is -2.41. The van der Waals surface area contributed by atoms with Crippen molar-refractivity contribution in [1.29, 1.82) is 0 Å². The molecule has 0 saturated carbocycles. The molecule has 1 aliphatic heterocycles. The number of fused-ring (bicyclic) bond motifs is 1. The molecule has 168 valence electrons. The number of aryl methyl sites for hydroxylation is 1. The van der Waals surface area contributed by atoms with Gasteiger partial charge in [0.1, 0.15) is 11.5 Å². The second-order valence-electron chi connectivity index (χ2n) is 8.27. The van der Waals surface area contributed by atoms with Gasteiger partial charge < -0.3 is 4.90 Å². The van der Waals surface area contributed by atoms with Crippen molar-refractivity contribution >= 4 is 5.91 Å². The van der Waals surface area contributed by atoms with Crippen LogP contribution < -0.4 is 0 Å². The van der Waals surface area contributed by atoms with Gasteiger partial charge in [-0.15, -0.1) is 5.10 Å². The van der Waals surface area contributed by atoms with Gasteiger partial charge in [-0.3, -0.25) is 9.48 Å². The van der Waals surface area contributed by atoms with Gasteiger partial charge in [-0.25, -0.2) is 13.5 Å². The molecule has 0 saturated heterocycles. The number of hydrogen-bond acceptors (Lipinski definition) is 4. The van der Waals surface area contributed by atoms with Crippen LogP contribution in [-0.2, 0) is 7.05 Å². The third kappa shape index (κ3) is 3.49. The number of amides is 1. The van der Waals surface area contributed by atoms with Crippen LogP contribution in [0, 0.1) is 18.6 Å².